The minimum Gasteiger partial charge on any atom is -0.456 e. The fourth-order valence-corrected chi connectivity index (χ4v) is 11.4. The molecule has 0 bridgehead atoms. The predicted molar refractivity (Wildman–Crippen MR) is 241 cm³/mol. The molecule has 12 rings (SSSR count). The van der Waals surface area contributed by atoms with E-state index in [0.717, 1.165) is 64.0 Å². The molecule has 0 saturated heterocycles. The van der Waals surface area contributed by atoms with Crippen molar-refractivity contribution >= 4 is 76.8 Å². The topological polar surface area (TPSA) is 46.0 Å². The number of benzene rings is 6. The summed E-state index contributed by atoms with van der Waals surface area (Å²) in [4.78, 5) is 14.9. The van der Waals surface area contributed by atoms with E-state index in [9.17, 15) is 0 Å². The molecule has 0 saturated carbocycles. The third kappa shape index (κ3) is 5.21. The van der Waals surface area contributed by atoms with E-state index in [4.69, 9.17) is 14.4 Å². The maximum Gasteiger partial charge on any atom is 0.153 e. The molecule has 3 aromatic heterocycles. The molecule has 4 heterocycles. The molecule has 0 fully saturated rings. The second-order valence-corrected chi connectivity index (χ2v) is 17.1. The van der Waals surface area contributed by atoms with Crippen LogP contribution in [0.1, 0.15) is 58.1 Å². The lowest BCUT2D eigenvalue weighted by Crippen LogP contribution is -2.38. The van der Waals surface area contributed by atoms with E-state index in [1.807, 2.05) is 17.4 Å². The van der Waals surface area contributed by atoms with Crippen LogP contribution in [0, 0.1) is 5.92 Å². The number of furan rings is 1. The van der Waals surface area contributed by atoms with E-state index in [-0.39, 0.29) is 18.1 Å². The maximum absolute atomic E-state index is 6.64. The van der Waals surface area contributed by atoms with Crippen LogP contribution in [0.5, 0.6) is 0 Å². The second-order valence-electron chi connectivity index (χ2n) is 16.0. The lowest BCUT2D eigenvalue weighted by molar-refractivity contribution is 0.373. The van der Waals surface area contributed by atoms with Gasteiger partial charge in [-0.1, -0.05) is 133 Å². The van der Waals surface area contributed by atoms with Crippen molar-refractivity contribution in [2.45, 2.75) is 37.4 Å². The van der Waals surface area contributed by atoms with E-state index in [1.54, 1.807) is 0 Å². The summed E-state index contributed by atoms with van der Waals surface area (Å²) in [7, 11) is 2.12. The zero-order chi connectivity index (χ0) is 38.3. The van der Waals surface area contributed by atoms with Crippen LogP contribution >= 0.6 is 11.3 Å². The molecule has 280 valence electrons. The average Bonchev–Trinajstić information content (AvgIpc) is 3.96. The fraction of sp³-hybridized carbons (Fsp3) is 0.154. The summed E-state index contributed by atoms with van der Waals surface area (Å²) < 4.78 is 10.6. The minimum atomic E-state index is -0.315. The number of thiophene rings is 1. The van der Waals surface area contributed by atoms with Crippen molar-refractivity contribution in [2.75, 3.05) is 7.05 Å². The van der Waals surface area contributed by atoms with Gasteiger partial charge in [0.05, 0.1) is 6.04 Å². The molecule has 0 amide bonds. The molecule has 9 aromatic rings. The number of amidine groups is 2. The Morgan fingerprint density at radius 2 is 1.48 bits per heavy atom. The number of fused-ring (bicyclic) bond motifs is 9. The van der Waals surface area contributed by atoms with Crippen molar-refractivity contribution in [3.8, 4) is 0 Å². The molecule has 2 aliphatic carbocycles. The fourth-order valence-electron chi connectivity index (χ4n) is 10.0. The first-order valence-corrected chi connectivity index (χ1v) is 21.2. The Kier molecular flexibility index (Phi) is 7.70. The Bertz CT molecular complexity index is 3210. The normalized spacial score (nSPS) is 20.7. The van der Waals surface area contributed by atoms with Crippen LogP contribution in [0.25, 0.3) is 53.8 Å². The van der Waals surface area contributed by atoms with Gasteiger partial charge in [0, 0.05) is 72.2 Å². The number of aromatic nitrogens is 1. The summed E-state index contributed by atoms with van der Waals surface area (Å²) in [6, 6.07) is 50.7. The van der Waals surface area contributed by atoms with Gasteiger partial charge < -0.3 is 13.9 Å². The lowest BCUT2D eigenvalue weighted by Gasteiger charge is -2.36. The Balaban J connectivity index is 1.05. The van der Waals surface area contributed by atoms with Crippen LogP contribution in [0.2, 0.25) is 0 Å². The van der Waals surface area contributed by atoms with Gasteiger partial charge in [0.1, 0.15) is 22.8 Å². The van der Waals surface area contributed by atoms with Gasteiger partial charge in [0.25, 0.3) is 0 Å². The van der Waals surface area contributed by atoms with Crippen molar-refractivity contribution < 1.29 is 4.42 Å². The minimum absolute atomic E-state index is 0.0880. The van der Waals surface area contributed by atoms with E-state index in [1.165, 1.54) is 47.9 Å². The van der Waals surface area contributed by atoms with Crippen LogP contribution in [-0.2, 0) is 6.42 Å². The molecular formula is C52H40N4OS. The van der Waals surface area contributed by atoms with Gasteiger partial charge in [-0.05, 0) is 66.1 Å². The molecule has 4 atom stereocenters. The SMILES string of the molecule is CN1C(c2ccccc2)=NC(C2Cc3sc4ccccc4c3C(n3c4ccccc4c4cc(C5C=CC=CC5)ccc43)C2)=N[C@@H]1c1cccc2c1oc1ccccc12. The van der Waals surface area contributed by atoms with Crippen molar-refractivity contribution in [3.63, 3.8) is 0 Å². The molecule has 0 N–H and O–H groups in total. The van der Waals surface area contributed by atoms with Crippen molar-refractivity contribution in [1.82, 2.24) is 9.47 Å². The Hall–Kier alpha value is -6.50. The second kappa shape index (κ2) is 13.3. The summed E-state index contributed by atoms with van der Waals surface area (Å²) in [5, 5.41) is 6.22. The van der Waals surface area contributed by atoms with E-state index < -0.39 is 0 Å². The van der Waals surface area contributed by atoms with Crippen LogP contribution in [0.4, 0.5) is 0 Å². The number of rotatable bonds is 5. The predicted octanol–water partition coefficient (Wildman–Crippen LogP) is 13.1. The van der Waals surface area contributed by atoms with Gasteiger partial charge in [0.2, 0.25) is 0 Å². The molecule has 58 heavy (non-hydrogen) atoms. The van der Waals surface area contributed by atoms with Crippen LogP contribution in [-0.4, -0.2) is 28.2 Å². The molecule has 6 heteroatoms. The largest absolute Gasteiger partial charge is 0.456 e. The van der Waals surface area contributed by atoms with E-state index in [2.05, 4.69) is 174 Å². The molecule has 6 aromatic carbocycles. The standard InChI is InChI=1S/C52H40N4OS/c1-55-51(33-17-6-3-7-18-33)53-50(54-52(55)40-23-14-22-38-37-20-9-12-25-45(37)57-49(38)40)35-30-44(48-39-21-10-13-26-46(39)58-47(48)31-35)56-42-24-11-8-19-36(42)41-29-34(27-28-43(41)56)32-15-4-2-5-16-32/h2-15,17-29,32,35,44,52H,16,30-31H2,1H3/t32?,35?,44?,52-/m0/s1. The first-order valence-electron chi connectivity index (χ1n) is 20.4. The number of para-hydroxylation sites is 3. The monoisotopic (exact) mass is 768 g/mol. The summed E-state index contributed by atoms with van der Waals surface area (Å²) in [6.45, 7) is 0. The summed E-state index contributed by atoms with van der Waals surface area (Å²) in [6.07, 6.45) is 11.5. The van der Waals surface area contributed by atoms with Gasteiger partial charge in [-0.15, -0.1) is 11.3 Å². The van der Waals surface area contributed by atoms with Gasteiger partial charge in [-0.2, -0.15) is 0 Å². The average molecular weight is 769 g/mol. The molecular weight excluding hydrogens is 729 g/mol. The van der Waals surface area contributed by atoms with Crippen molar-refractivity contribution in [1.29, 1.82) is 0 Å². The Morgan fingerprint density at radius 1 is 0.707 bits per heavy atom. The molecule has 0 radical (unpaired) electrons. The zero-order valence-electron chi connectivity index (χ0n) is 32.1. The first-order chi connectivity index (χ1) is 28.7. The van der Waals surface area contributed by atoms with Gasteiger partial charge in [-0.3, -0.25) is 0 Å². The van der Waals surface area contributed by atoms with E-state index in [0.29, 0.717) is 5.92 Å². The molecule has 0 spiro atoms. The molecule has 3 aliphatic rings. The number of hydrogen-bond donors (Lipinski definition) is 0. The highest BCUT2D eigenvalue weighted by Gasteiger charge is 2.38. The summed E-state index contributed by atoms with van der Waals surface area (Å²) in [5.41, 5.74) is 9.28. The van der Waals surface area contributed by atoms with Crippen LogP contribution < -0.4 is 0 Å². The summed E-state index contributed by atoms with van der Waals surface area (Å²) in [5.74, 6) is 2.31. The lowest BCUT2D eigenvalue weighted by atomic mass is 9.82. The Labute approximate surface area is 340 Å². The Morgan fingerprint density at radius 3 is 2.36 bits per heavy atom. The maximum atomic E-state index is 6.64. The number of nitrogens with zero attached hydrogens (tertiary/aromatic N) is 4. The first kappa shape index (κ1) is 33.6. The highest BCUT2D eigenvalue weighted by Crippen LogP contribution is 2.49. The van der Waals surface area contributed by atoms with Crippen LogP contribution in [0.15, 0.2) is 178 Å². The number of hydrogen-bond acceptors (Lipinski definition) is 5. The van der Waals surface area contributed by atoms with E-state index >= 15 is 0 Å². The third-order valence-corrected chi connectivity index (χ3v) is 13.9. The summed E-state index contributed by atoms with van der Waals surface area (Å²) >= 11 is 1.94. The highest BCUT2D eigenvalue weighted by atomic mass is 32.1. The van der Waals surface area contributed by atoms with Crippen molar-refractivity contribution in [3.05, 3.63) is 191 Å². The highest BCUT2D eigenvalue weighted by molar-refractivity contribution is 7.19. The van der Waals surface area contributed by atoms with Gasteiger partial charge in [0.15, 0.2) is 6.17 Å². The van der Waals surface area contributed by atoms with Crippen molar-refractivity contribution in [2.24, 2.45) is 15.9 Å². The smallest absolute Gasteiger partial charge is 0.153 e. The zero-order valence-corrected chi connectivity index (χ0v) is 32.9. The van der Waals surface area contributed by atoms with Crippen LogP contribution in [0.3, 0.4) is 0 Å². The van der Waals surface area contributed by atoms with Gasteiger partial charge in [-0.25, -0.2) is 9.98 Å². The third-order valence-electron chi connectivity index (χ3n) is 12.7. The number of allylic oxidation sites excluding steroid dienone is 4. The molecule has 5 nitrogen and oxygen atoms in total. The number of aliphatic imine (C=N–C) groups is 2. The molecule has 3 unspecified atom stereocenters. The quantitative estimate of drug-likeness (QED) is 0.175. The van der Waals surface area contributed by atoms with Gasteiger partial charge >= 0.3 is 0 Å². The molecule has 1 aliphatic heterocycles.